The number of ether oxygens (including phenoxy) is 1. The zero-order valence-corrected chi connectivity index (χ0v) is 10.4. The summed E-state index contributed by atoms with van der Waals surface area (Å²) in [5, 5.41) is 8.02. The standard InChI is InChI=1S/C7H8O3S.C4H8O2/c1-6-2-4-7(5-3-6)11(8,9)10;1-2-6-4-3-5/h2-5H,1H3,(H,8,9,10);2,5H,1,3-4H2. The Hall–Kier alpha value is -1.37. The molecule has 0 saturated carbocycles. The average molecular weight is 260 g/mol. The maximum absolute atomic E-state index is 10.5. The summed E-state index contributed by atoms with van der Waals surface area (Å²) in [6, 6.07) is 5.99. The van der Waals surface area contributed by atoms with Gasteiger partial charge in [-0.25, -0.2) is 0 Å². The predicted octanol–water partition coefficient (Wildman–Crippen LogP) is 1.38. The highest BCUT2D eigenvalue weighted by Gasteiger charge is 2.06. The Morgan fingerprint density at radius 3 is 2.18 bits per heavy atom. The van der Waals surface area contributed by atoms with Crippen LogP contribution < -0.4 is 0 Å². The Bertz CT molecular complexity index is 422. The van der Waals surface area contributed by atoms with Gasteiger partial charge in [0.05, 0.1) is 17.8 Å². The van der Waals surface area contributed by atoms with E-state index in [0.29, 0.717) is 6.61 Å². The van der Waals surface area contributed by atoms with E-state index in [1.807, 2.05) is 6.92 Å². The fourth-order valence-corrected chi connectivity index (χ4v) is 1.33. The van der Waals surface area contributed by atoms with E-state index in [9.17, 15) is 8.42 Å². The Balaban J connectivity index is 0.000000366. The predicted molar refractivity (Wildman–Crippen MR) is 64.2 cm³/mol. The minimum absolute atomic E-state index is 0.0615. The molecule has 0 aromatic heterocycles. The van der Waals surface area contributed by atoms with Crippen LogP contribution in [-0.2, 0) is 14.9 Å². The van der Waals surface area contributed by atoms with Gasteiger partial charge in [-0.3, -0.25) is 4.55 Å². The van der Waals surface area contributed by atoms with E-state index >= 15 is 0 Å². The minimum atomic E-state index is -4.02. The molecule has 0 aliphatic rings. The van der Waals surface area contributed by atoms with Gasteiger partial charge in [-0.2, -0.15) is 8.42 Å². The van der Waals surface area contributed by atoms with Crippen molar-refractivity contribution in [2.45, 2.75) is 11.8 Å². The van der Waals surface area contributed by atoms with Crippen molar-refractivity contribution in [2.75, 3.05) is 13.2 Å². The molecule has 0 heterocycles. The first kappa shape index (κ1) is 15.6. The molecular formula is C11H16O5S. The monoisotopic (exact) mass is 260 g/mol. The zero-order valence-electron chi connectivity index (χ0n) is 9.54. The van der Waals surface area contributed by atoms with Crippen molar-refractivity contribution in [3.05, 3.63) is 42.7 Å². The topological polar surface area (TPSA) is 83.8 Å². The molecule has 6 heteroatoms. The van der Waals surface area contributed by atoms with Crippen LogP contribution in [-0.4, -0.2) is 31.3 Å². The van der Waals surface area contributed by atoms with Crippen molar-refractivity contribution in [2.24, 2.45) is 0 Å². The summed E-state index contributed by atoms with van der Waals surface area (Å²) in [5.74, 6) is 0. The summed E-state index contributed by atoms with van der Waals surface area (Å²) in [6.07, 6.45) is 1.30. The van der Waals surface area contributed by atoms with E-state index in [1.54, 1.807) is 12.1 Å². The summed E-state index contributed by atoms with van der Waals surface area (Å²) in [4.78, 5) is -0.0666. The van der Waals surface area contributed by atoms with E-state index in [1.165, 1.54) is 18.4 Å². The first-order chi connectivity index (χ1) is 7.91. The Labute approximate surface area is 101 Å². The second-order valence-corrected chi connectivity index (χ2v) is 4.47. The lowest BCUT2D eigenvalue weighted by Gasteiger charge is -1.95. The quantitative estimate of drug-likeness (QED) is 0.485. The van der Waals surface area contributed by atoms with Gasteiger partial charge in [0.25, 0.3) is 10.1 Å². The fraction of sp³-hybridized carbons (Fsp3) is 0.273. The summed E-state index contributed by atoms with van der Waals surface area (Å²) in [6.45, 7) is 5.52. The van der Waals surface area contributed by atoms with Crippen molar-refractivity contribution < 1.29 is 22.8 Å². The molecule has 0 unspecified atom stereocenters. The van der Waals surface area contributed by atoms with E-state index in [4.69, 9.17) is 9.66 Å². The number of aryl methyl sites for hydroxylation is 1. The summed E-state index contributed by atoms with van der Waals surface area (Å²) in [7, 11) is -4.02. The number of aliphatic hydroxyl groups excluding tert-OH is 1. The molecule has 1 aromatic carbocycles. The van der Waals surface area contributed by atoms with E-state index in [-0.39, 0.29) is 11.5 Å². The third-order valence-corrected chi connectivity index (χ3v) is 2.51. The highest BCUT2D eigenvalue weighted by atomic mass is 32.2. The van der Waals surface area contributed by atoms with Crippen LogP contribution in [0.5, 0.6) is 0 Å². The first-order valence-electron chi connectivity index (χ1n) is 4.79. The summed E-state index contributed by atoms with van der Waals surface area (Å²) in [5.41, 5.74) is 0.956. The highest BCUT2D eigenvalue weighted by molar-refractivity contribution is 7.85. The minimum Gasteiger partial charge on any atom is -0.499 e. The molecule has 0 aliphatic carbocycles. The van der Waals surface area contributed by atoms with Gasteiger partial charge in [-0.1, -0.05) is 24.3 Å². The van der Waals surface area contributed by atoms with Crippen molar-refractivity contribution in [3.8, 4) is 0 Å². The maximum Gasteiger partial charge on any atom is 0.294 e. The molecule has 96 valence electrons. The molecule has 1 rings (SSSR count). The van der Waals surface area contributed by atoms with Crippen molar-refractivity contribution >= 4 is 10.1 Å². The smallest absolute Gasteiger partial charge is 0.294 e. The van der Waals surface area contributed by atoms with Gasteiger partial charge in [-0.05, 0) is 19.1 Å². The van der Waals surface area contributed by atoms with Gasteiger partial charge in [0.1, 0.15) is 6.61 Å². The molecule has 0 spiro atoms. The normalized spacial score (nSPS) is 10.1. The lowest BCUT2D eigenvalue weighted by molar-refractivity contribution is 0.166. The van der Waals surface area contributed by atoms with E-state index in [2.05, 4.69) is 11.3 Å². The van der Waals surface area contributed by atoms with Crippen LogP contribution in [0, 0.1) is 6.92 Å². The summed E-state index contributed by atoms with van der Waals surface area (Å²) < 4.78 is 34.0. The average Bonchev–Trinajstić information content (AvgIpc) is 2.26. The number of benzene rings is 1. The van der Waals surface area contributed by atoms with Gasteiger partial charge in [-0.15, -0.1) is 0 Å². The molecule has 2 N–H and O–H groups in total. The van der Waals surface area contributed by atoms with Crippen LogP contribution in [0.25, 0.3) is 0 Å². The molecular weight excluding hydrogens is 244 g/mol. The molecule has 0 radical (unpaired) electrons. The van der Waals surface area contributed by atoms with Crippen LogP contribution in [0.1, 0.15) is 5.56 Å². The largest absolute Gasteiger partial charge is 0.499 e. The molecule has 0 atom stereocenters. The second-order valence-electron chi connectivity index (χ2n) is 3.05. The van der Waals surface area contributed by atoms with E-state index < -0.39 is 10.1 Å². The molecule has 0 amide bonds. The molecule has 17 heavy (non-hydrogen) atoms. The maximum atomic E-state index is 10.5. The number of aliphatic hydroxyl groups is 1. The van der Waals surface area contributed by atoms with Gasteiger partial charge >= 0.3 is 0 Å². The molecule has 5 nitrogen and oxygen atoms in total. The first-order valence-corrected chi connectivity index (χ1v) is 6.23. The molecule has 0 fully saturated rings. The zero-order chi connectivity index (χ0) is 13.3. The molecule has 0 aliphatic heterocycles. The lowest BCUT2D eigenvalue weighted by atomic mass is 10.2. The van der Waals surface area contributed by atoms with Crippen LogP contribution in [0.4, 0.5) is 0 Å². The van der Waals surface area contributed by atoms with Crippen molar-refractivity contribution in [1.29, 1.82) is 0 Å². The Morgan fingerprint density at radius 1 is 1.35 bits per heavy atom. The van der Waals surface area contributed by atoms with Gasteiger partial charge in [0.2, 0.25) is 0 Å². The molecule has 0 bridgehead atoms. The van der Waals surface area contributed by atoms with Crippen LogP contribution in [0.15, 0.2) is 42.0 Å². The van der Waals surface area contributed by atoms with Crippen molar-refractivity contribution in [3.63, 3.8) is 0 Å². The van der Waals surface area contributed by atoms with Crippen molar-refractivity contribution in [1.82, 2.24) is 0 Å². The van der Waals surface area contributed by atoms with Gasteiger partial charge in [0.15, 0.2) is 0 Å². The number of hydrogen-bond acceptors (Lipinski definition) is 4. The Morgan fingerprint density at radius 2 is 1.88 bits per heavy atom. The SMILES string of the molecule is C=COCCO.Cc1ccc(S(=O)(=O)O)cc1. The molecule has 0 saturated heterocycles. The lowest BCUT2D eigenvalue weighted by Crippen LogP contribution is -1.96. The highest BCUT2D eigenvalue weighted by Crippen LogP contribution is 2.08. The van der Waals surface area contributed by atoms with Crippen LogP contribution in [0.2, 0.25) is 0 Å². The van der Waals surface area contributed by atoms with Crippen LogP contribution >= 0.6 is 0 Å². The number of hydrogen-bond donors (Lipinski definition) is 2. The molecule has 1 aromatic rings. The number of rotatable bonds is 4. The van der Waals surface area contributed by atoms with Gasteiger partial charge in [0, 0.05) is 0 Å². The summed E-state index contributed by atoms with van der Waals surface area (Å²) >= 11 is 0. The Kier molecular flexibility index (Phi) is 7.20. The second kappa shape index (κ2) is 7.83. The van der Waals surface area contributed by atoms with Gasteiger partial charge < -0.3 is 9.84 Å². The fourth-order valence-electron chi connectivity index (χ4n) is 0.846. The third-order valence-electron chi connectivity index (χ3n) is 1.65. The van der Waals surface area contributed by atoms with Crippen LogP contribution in [0.3, 0.4) is 0 Å². The van der Waals surface area contributed by atoms with E-state index in [0.717, 1.165) is 5.56 Å². The third kappa shape index (κ3) is 7.51.